The van der Waals surface area contributed by atoms with Crippen LogP contribution < -0.4 is 21.7 Å². The van der Waals surface area contributed by atoms with Crippen LogP contribution in [0.1, 0.15) is 40.7 Å². The highest BCUT2D eigenvalue weighted by Gasteiger charge is 2.24. The lowest BCUT2D eigenvalue weighted by Gasteiger charge is -2.26. The van der Waals surface area contributed by atoms with Crippen molar-refractivity contribution in [2.45, 2.75) is 25.8 Å². The van der Waals surface area contributed by atoms with Gasteiger partial charge >= 0.3 is 0 Å². The van der Waals surface area contributed by atoms with Crippen molar-refractivity contribution in [2.24, 2.45) is 10.7 Å². The zero-order chi connectivity index (χ0) is 19.9. The van der Waals surface area contributed by atoms with E-state index in [-0.39, 0.29) is 11.8 Å². The van der Waals surface area contributed by atoms with E-state index in [0.29, 0.717) is 31.0 Å². The molecule has 3 rings (SSSR count). The summed E-state index contributed by atoms with van der Waals surface area (Å²) in [6.07, 6.45) is 0.442. The highest BCUT2D eigenvalue weighted by atomic mass is 16.2. The van der Waals surface area contributed by atoms with Crippen LogP contribution in [0.15, 0.2) is 53.5 Å². The fraction of sp³-hybridized carbons (Fsp3) is 0.286. The van der Waals surface area contributed by atoms with Crippen LogP contribution in [0.2, 0.25) is 0 Å². The van der Waals surface area contributed by atoms with Crippen LogP contribution in [-0.4, -0.2) is 30.9 Å². The van der Waals surface area contributed by atoms with E-state index in [2.05, 4.69) is 20.9 Å². The highest BCUT2D eigenvalue weighted by Crippen LogP contribution is 2.31. The van der Waals surface area contributed by atoms with Gasteiger partial charge in [-0.1, -0.05) is 30.3 Å². The van der Waals surface area contributed by atoms with Gasteiger partial charge in [0.25, 0.3) is 0 Å². The van der Waals surface area contributed by atoms with Gasteiger partial charge in [-0.15, -0.1) is 0 Å². The number of nitrogens with zero attached hydrogens (tertiary/aromatic N) is 1. The number of guanidine groups is 1. The highest BCUT2D eigenvalue weighted by molar-refractivity contribution is 5.95. The van der Waals surface area contributed by atoms with E-state index in [9.17, 15) is 9.59 Å². The van der Waals surface area contributed by atoms with Crippen LogP contribution in [0.3, 0.4) is 0 Å². The molecule has 1 aliphatic rings. The number of amides is 2. The lowest BCUT2D eigenvalue weighted by molar-refractivity contribution is -0.116. The summed E-state index contributed by atoms with van der Waals surface area (Å²) in [5.41, 5.74) is 8.73. The topological polar surface area (TPSA) is 109 Å². The average Bonchev–Trinajstić information content (AvgIpc) is 2.70. The number of rotatable bonds is 6. The van der Waals surface area contributed by atoms with E-state index in [4.69, 9.17) is 5.73 Å². The molecule has 7 nitrogen and oxygen atoms in total. The van der Waals surface area contributed by atoms with Crippen LogP contribution in [0.25, 0.3) is 0 Å². The molecule has 2 aromatic carbocycles. The number of benzene rings is 2. The Hall–Kier alpha value is -3.35. The second-order valence-electron chi connectivity index (χ2n) is 6.67. The number of nitrogens with one attached hydrogen (secondary N) is 3. The first-order valence-corrected chi connectivity index (χ1v) is 9.36. The van der Waals surface area contributed by atoms with Gasteiger partial charge in [-0.25, -0.2) is 4.99 Å². The van der Waals surface area contributed by atoms with E-state index in [1.807, 2.05) is 43.3 Å². The maximum atomic E-state index is 12.0. The molecular weight excluding hydrogens is 354 g/mol. The van der Waals surface area contributed by atoms with Gasteiger partial charge in [-0.2, -0.15) is 0 Å². The summed E-state index contributed by atoms with van der Waals surface area (Å²) in [4.78, 5) is 27.7. The number of carbonyl (C=O) groups is 2. The Kier molecular flexibility index (Phi) is 6.26. The van der Waals surface area contributed by atoms with Gasteiger partial charge in [0.2, 0.25) is 11.8 Å². The number of carbonyl (C=O) groups excluding carboxylic acids is 2. The minimum absolute atomic E-state index is 0.0296. The first kappa shape index (κ1) is 19.4. The predicted molar refractivity (Wildman–Crippen MR) is 110 cm³/mol. The number of nitrogens with two attached hydrogens (primary N) is 1. The summed E-state index contributed by atoms with van der Waals surface area (Å²) < 4.78 is 0. The molecule has 0 fully saturated rings. The SMILES string of the molecule is CCNC(=NCc1ccc(C(N)=O)cc1)NCC1CC(=O)Nc2ccccc21. The van der Waals surface area contributed by atoms with Crippen molar-refractivity contribution < 1.29 is 9.59 Å². The molecule has 2 aromatic rings. The van der Waals surface area contributed by atoms with Gasteiger partial charge in [-0.3, -0.25) is 9.59 Å². The average molecular weight is 379 g/mol. The largest absolute Gasteiger partial charge is 0.366 e. The fourth-order valence-corrected chi connectivity index (χ4v) is 3.19. The molecule has 7 heteroatoms. The molecule has 1 unspecified atom stereocenters. The van der Waals surface area contributed by atoms with Crippen LogP contribution >= 0.6 is 0 Å². The first-order valence-electron chi connectivity index (χ1n) is 9.36. The summed E-state index contributed by atoms with van der Waals surface area (Å²) in [6.45, 7) is 3.81. The molecule has 0 bridgehead atoms. The maximum absolute atomic E-state index is 12.0. The number of hydrogen-bond donors (Lipinski definition) is 4. The number of anilines is 1. The van der Waals surface area contributed by atoms with E-state index in [1.54, 1.807) is 12.1 Å². The second-order valence-corrected chi connectivity index (χ2v) is 6.67. The normalized spacial score (nSPS) is 16.1. The predicted octanol–water partition coefficient (Wildman–Crippen LogP) is 1.97. The lowest BCUT2D eigenvalue weighted by atomic mass is 9.90. The van der Waals surface area contributed by atoms with E-state index in [1.165, 1.54) is 0 Å². The first-order chi connectivity index (χ1) is 13.6. The van der Waals surface area contributed by atoms with Gasteiger partial charge in [0.1, 0.15) is 0 Å². The fourth-order valence-electron chi connectivity index (χ4n) is 3.19. The summed E-state index contributed by atoms with van der Waals surface area (Å²) in [6, 6.07) is 15.0. The third-order valence-corrected chi connectivity index (χ3v) is 4.62. The number of hydrogen-bond acceptors (Lipinski definition) is 3. The van der Waals surface area contributed by atoms with Crippen molar-refractivity contribution in [3.8, 4) is 0 Å². The molecule has 1 heterocycles. The Morgan fingerprint density at radius 1 is 1.18 bits per heavy atom. The van der Waals surface area contributed by atoms with Gasteiger partial charge in [-0.05, 0) is 36.2 Å². The molecule has 1 aliphatic heterocycles. The summed E-state index contributed by atoms with van der Waals surface area (Å²) >= 11 is 0. The molecule has 0 spiro atoms. The third kappa shape index (κ3) is 4.88. The van der Waals surface area contributed by atoms with Gasteiger partial charge in [0, 0.05) is 36.7 Å². The summed E-state index contributed by atoms with van der Waals surface area (Å²) in [5.74, 6) is 0.359. The Labute approximate surface area is 164 Å². The maximum Gasteiger partial charge on any atom is 0.248 e. The van der Waals surface area contributed by atoms with Crippen molar-refractivity contribution in [1.29, 1.82) is 0 Å². The zero-order valence-corrected chi connectivity index (χ0v) is 15.9. The molecular formula is C21H25N5O2. The van der Waals surface area contributed by atoms with Crippen LogP contribution in [0, 0.1) is 0 Å². The summed E-state index contributed by atoms with van der Waals surface area (Å²) in [5, 5.41) is 9.47. The van der Waals surface area contributed by atoms with E-state index in [0.717, 1.165) is 23.4 Å². The molecule has 0 aromatic heterocycles. The molecule has 146 valence electrons. The molecule has 0 aliphatic carbocycles. The van der Waals surface area contributed by atoms with Crippen molar-refractivity contribution in [3.63, 3.8) is 0 Å². The molecule has 0 radical (unpaired) electrons. The van der Waals surface area contributed by atoms with Gasteiger partial charge in [0.15, 0.2) is 5.96 Å². The molecule has 2 amide bonds. The molecule has 1 atom stereocenters. The van der Waals surface area contributed by atoms with E-state index < -0.39 is 5.91 Å². The van der Waals surface area contributed by atoms with Crippen LogP contribution in [0.5, 0.6) is 0 Å². The van der Waals surface area contributed by atoms with Crippen molar-refractivity contribution in [2.75, 3.05) is 18.4 Å². The Morgan fingerprint density at radius 2 is 1.93 bits per heavy atom. The Bertz CT molecular complexity index is 877. The number of para-hydroxylation sites is 1. The second kappa shape index (κ2) is 9.03. The monoisotopic (exact) mass is 379 g/mol. The lowest BCUT2D eigenvalue weighted by Crippen LogP contribution is -2.40. The third-order valence-electron chi connectivity index (χ3n) is 4.62. The molecule has 28 heavy (non-hydrogen) atoms. The zero-order valence-electron chi connectivity index (χ0n) is 15.9. The van der Waals surface area contributed by atoms with Crippen molar-refractivity contribution in [1.82, 2.24) is 10.6 Å². The van der Waals surface area contributed by atoms with Gasteiger partial charge in [0.05, 0.1) is 6.54 Å². The van der Waals surface area contributed by atoms with E-state index >= 15 is 0 Å². The van der Waals surface area contributed by atoms with Gasteiger partial charge < -0.3 is 21.7 Å². The van der Waals surface area contributed by atoms with Crippen LogP contribution in [-0.2, 0) is 11.3 Å². The minimum Gasteiger partial charge on any atom is -0.366 e. The van der Waals surface area contributed by atoms with Crippen molar-refractivity contribution in [3.05, 3.63) is 65.2 Å². The molecule has 0 saturated carbocycles. The Balaban J connectivity index is 1.65. The number of primary amides is 1. The minimum atomic E-state index is -0.443. The quantitative estimate of drug-likeness (QED) is 0.454. The molecule has 5 N–H and O–H groups in total. The molecule has 0 saturated heterocycles. The standard InChI is InChI=1S/C21H25N5O2/c1-2-23-21(24-12-14-7-9-15(10-8-14)20(22)28)25-13-16-11-19(27)26-18-6-4-3-5-17(16)18/h3-10,16H,2,11-13H2,1H3,(H2,22,28)(H,26,27)(H2,23,24,25). The number of fused-ring (bicyclic) bond motifs is 1. The van der Waals surface area contributed by atoms with Crippen LogP contribution in [0.4, 0.5) is 5.69 Å². The Morgan fingerprint density at radius 3 is 2.64 bits per heavy atom. The smallest absolute Gasteiger partial charge is 0.248 e. The summed E-state index contributed by atoms with van der Waals surface area (Å²) in [7, 11) is 0. The van der Waals surface area contributed by atoms with Crippen molar-refractivity contribution >= 4 is 23.5 Å². The number of aliphatic imine (C=N–C) groups is 1.